The molecule has 0 saturated heterocycles. The van der Waals surface area contributed by atoms with Gasteiger partial charge in [-0.05, 0) is 35.9 Å². The number of H-pyrrole nitrogens is 1. The Bertz CT molecular complexity index is 569. The first kappa shape index (κ1) is 11.8. The standard InChI is InChI=1S/C11H12BrN5/c1-6(2)3-7-4-15-11(16-7)9-10(13)14-5-8(12)17-9/h3-5H,1-2H3,(H2,13,14)(H,15,16). The van der Waals surface area contributed by atoms with E-state index in [1.165, 1.54) is 5.57 Å². The lowest BCUT2D eigenvalue weighted by Crippen LogP contribution is -1.98. The Morgan fingerprint density at radius 3 is 2.82 bits per heavy atom. The van der Waals surface area contributed by atoms with Gasteiger partial charge in [-0.1, -0.05) is 5.57 Å². The van der Waals surface area contributed by atoms with E-state index in [0.717, 1.165) is 5.69 Å². The number of aromatic nitrogens is 4. The van der Waals surface area contributed by atoms with Crippen LogP contribution in [0.3, 0.4) is 0 Å². The highest BCUT2D eigenvalue weighted by Gasteiger charge is 2.09. The molecule has 3 N–H and O–H groups in total. The number of anilines is 1. The van der Waals surface area contributed by atoms with Crippen molar-refractivity contribution in [2.75, 3.05) is 5.73 Å². The zero-order chi connectivity index (χ0) is 12.4. The highest BCUT2D eigenvalue weighted by Crippen LogP contribution is 2.21. The first-order chi connectivity index (χ1) is 8.06. The summed E-state index contributed by atoms with van der Waals surface area (Å²) in [5.74, 6) is 0.968. The highest BCUT2D eigenvalue weighted by molar-refractivity contribution is 9.10. The predicted molar refractivity (Wildman–Crippen MR) is 71.1 cm³/mol. The van der Waals surface area contributed by atoms with Crippen LogP contribution in [0.25, 0.3) is 17.6 Å². The van der Waals surface area contributed by atoms with Gasteiger partial charge in [0.1, 0.15) is 10.3 Å². The van der Waals surface area contributed by atoms with Gasteiger partial charge < -0.3 is 10.7 Å². The number of halogens is 1. The Hall–Kier alpha value is -1.69. The van der Waals surface area contributed by atoms with Crippen LogP contribution < -0.4 is 5.73 Å². The fourth-order valence-corrected chi connectivity index (χ4v) is 1.67. The van der Waals surface area contributed by atoms with Crippen molar-refractivity contribution in [3.8, 4) is 11.5 Å². The number of allylic oxidation sites excluding steroid dienone is 1. The molecule has 0 aliphatic rings. The van der Waals surface area contributed by atoms with Crippen LogP contribution in [0.5, 0.6) is 0 Å². The smallest absolute Gasteiger partial charge is 0.160 e. The van der Waals surface area contributed by atoms with Crippen LogP contribution in [0.15, 0.2) is 22.6 Å². The Labute approximate surface area is 107 Å². The van der Waals surface area contributed by atoms with Gasteiger partial charge in [0.05, 0.1) is 18.1 Å². The first-order valence-corrected chi connectivity index (χ1v) is 5.84. The number of imidazole rings is 1. The van der Waals surface area contributed by atoms with E-state index in [1.807, 2.05) is 19.9 Å². The van der Waals surface area contributed by atoms with E-state index >= 15 is 0 Å². The normalized spacial score (nSPS) is 10.3. The number of nitrogens with one attached hydrogen (secondary N) is 1. The van der Waals surface area contributed by atoms with Gasteiger partial charge in [0.25, 0.3) is 0 Å². The summed E-state index contributed by atoms with van der Waals surface area (Å²) in [5, 5.41) is 0. The molecule has 0 radical (unpaired) electrons. The number of nitrogens with two attached hydrogens (primary N) is 1. The number of nitrogen functional groups attached to an aromatic ring is 1. The SMILES string of the molecule is CC(C)=Cc1cnc(-c2nc(Br)cnc2N)[nH]1. The zero-order valence-electron chi connectivity index (χ0n) is 9.53. The van der Waals surface area contributed by atoms with Gasteiger partial charge in [0, 0.05) is 0 Å². The summed E-state index contributed by atoms with van der Waals surface area (Å²) in [6, 6.07) is 0. The second kappa shape index (κ2) is 4.67. The fraction of sp³-hybridized carbons (Fsp3) is 0.182. The summed E-state index contributed by atoms with van der Waals surface area (Å²) in [4.78, 5) is 15.6. The monoisotopic (exact) mass is 293 g/mol. The third-order valence-corrected chi connectivity index (χ3v) is 2.42. The third-order valence-electron chi connectivity index (χ3n) is 2.04. The fourth-order valence-electron chi connectivity index (χ4n) is 1.39. The lowest BCUT2D eigenvalue weighted by Gasteiger charge is -2.00. The van der Waals surface area contributed by atoms with Crippen molar-refractivity contribution in [3.05, 3.63) is 28.3 Å². The van der Waals surface area contributed by atoms with E-state index in [2.05, 4.69) is 35.9 Å². The van der Waals surface area contributed by atoms with Gasteiger partial charge in [-0.15, -0.1) is 0 Å². The molecule has 6 heteroatoms. The number of hydrogen-bond donors (Lipinski definition) is 2. The summed E-state index contributed by atoms with van der Waals surface area (Å²) < 4.78 is 0.627. The van der Waals surface area contributed by atoms with Crippen molar-refractivity contribution in [3.63, 3.8) is 0 Å². The number of aromatic amines is 1. The zero-order valence-corrected chi connectivity index (χ0v) is 11.1. The van der Waals surface area contributed by atoms with Crippen molar-refractivity contribution < 1.29 is 0 Å². The number of hydrogen-bond acceptors (Lipinski definition) is 4. The predicted octanol–water partition coefficient (Wildman–Crippen LogP) is 2.63. The minimum Gasteiger partial charge on any atom is -0.382 e. The Morgan fingerprint density at radius 2 is 2.12 bits per heavy atom. The molecule has 17 heavy (non-hydrogen) atoms. The lowest BCUT2D eigenvalue weighted by atomic mass is 10.3. The van der Waals surface area contributed by atoms with E-state index in [-0.39, 0.29) is 0 Å². The third kappa shape index (κ3) is 2.71. The van der Waals surface area contributed by atoms with Gasteiger partial charge >= 0.3 is 0 Å². The van der Waals surface area contributed by atoms with Gasteiger partial charge in [-0.3, -0.25) is 0 Å². The quantitative estimate of drug-likeness (QED) is 0.892. The van der Waals surface area contributed by atoms with Crippen molar-refractivity contribution in [2.24, 2.45) is 0 Å². The summed E-state index contributed by atoms with van der Waals surface area (Å²) >= 11 is 3.26. The van der Waals surface area contributed by atoms with Crippen molar-refractivity contribution in [1.29, 1.82) is 0 Å². The Morgan fingerprint density at radius 1 is 1.35 bits per heavy atom. The first-order valence-electron chi connectivity index (χ1n) is 5.04. The lowest BCUT2D eigenvalue weighted by molar-refractivity contribution is 1.14. The summed E-state index contributed by atoms with van der Waals surface area (Å²) in [6.07, 6.45) is 5.29. The molecule has 0 bridgehead atoms. The molecule has 0 aliphatic heterocycles. The number of rotatable bonds is 2. The van der Waals surface area contributed by atoms with Gasteiger partial charge in [-0.25, -0.2) is 15.0 Å². The molecular weight excluding hydrogens is 282 g/mol. The second-order valence-electron chi connectivity index (χ2n) is 3.84. The van der Waals surface area contributed by atoms with Crippen LogP contribution in [-0.4, -0.2) is 19.9 Å². The van der Waals surface area contributed by atoms with Gasteiger partial charge in [0.2, 0.25) is 0 Å². The van der Waals surface area contributed by atoms with E-state index < -0.39 is 0 Å². The van der Waals surface area contributed by atoms with E-state index in [9.17, 15) is 0 Å². The molecule has 2 aromatic heterocycles. The van der Waals surface area contributed by atoms with E-state index in [0.29, 0.717) is 21.9 Å². The topological polar surface area (TPSA) is 80.5 Å². The summed E-state index contributed by atoms with van der Waals surface area (Å²) in [6.45, 7) is 4.04. The van der Waals surface area contributed by atoms with Crippen LogP contribution >= 0.6 is 15.9 Å². The van der Waals surface area contributed by atoms with E-state index in [4.69, 9.17) is 5.73 Å². The van der Waals surface area contributed by atoms with Crippen molar-refractivity contribution in [1.82, 2.24) is 19.9 Å². The number of nitrogens with zero attached hydrogens (tertiary/aromatic N) is 3. The van der Waals surface area contributed by atoms with Crippen LogP contribution in [0.1, 0.15) is 19.5 Å². The van der Waals surface area contributed by atoms with Gasteiger partial charge in [-0.2, -0.15) is 0 Å². The molecule has 0 amide bonds. The highest BCUT2D eigenvalue weighted by atomic mass is 79.9. The molecular formula is C11H12BrN5. The summed E-state index contributed by atoms with van der Waals surface area (Å²) in [5.41, 5.74) is 8.42. The molecule has 0 saturated carbocycles. The molecule has 0 atom stereocenters. The molecule has 0 aromatic carbocycles. The molecule has 2 aromatic rings. The summed E-state index contributed by atoms with van der Waals surface area (Å²) in [7, 11) is 0. The van der Waals surface area contributed by atoms with Crippen LogP contribution in [0, 0.1) is 0 Å². The van der Waals surface area contributed by atoms with Crippen LogP contribution in [-0.2, 0) is 0 Å². The Balaban J connectivity index is 2.43. The van der Waals surface area contributed by atoms with Crippen molar-refractivity contribution >= 4 is 27.8 Å². The second-order valence-corrected chi connectivity index (χ2v) is 4.65. The van der Waals surface area contributed by atoms with Crippen LogP contribution in [0.4, 0.5) is 5.82 Å². The molecule has 0 fully saturated rings. The average molecular weight is 294 g/mol. The molecule has 0 spiro atoms. The van der Waals surface area contributed by atoms with Crippen LogP contribution in [0.2, 0.25) is 0 Å². The molecule has 2 rings (SSSR count). The molecule has 2 heterocycles. The molecule has 0 aliphatic carbocycles. The molecule has 88 valence electrons. The average Bonchev–Trinajstić information content (AvgIpc) is 2.69. The maximum atomic E-state index is 5.76. The van der Waals surface area contributed by atoms with E-state index in [1.54, 1.807) is 12.4 Å². The molecule has 0 unspecified atom stereocenters. The molecule has 5 nitrogen and oxygen atoms in total. The van der Waals surface area contributed by atoms with Crippen molar-refractivity contribution in [2.45, 2.75) is 13.8 Å². The maximum Gasteiger partial charge on any atom is 0.160 e. The minimum absolute atomic E-state index is 0.353. The maximum absolute atomic E-state index is 5.76. The van der Waals surface area contributed by atoms with Gasteiger partial charge in [0.15, 0.2) is 11.6 Å². The largest absolute Gasteiger partial charge is 0.382 e. The Kier molecular flexibility index (Phi) is 3.23. The minimum atomic E-state index is 0.353.